The highest BCUT2D eigenvalue weighted by Gasteiger charge is 2.36. The van der Waals surface area contributed by atoms with Crippen molar-refractivity contribution in [3.05, 3.63) is 99.0 Å². The summed E-state index contributed by atoms with van der Waals surface area (Å²) in [6.07, 6.45) is -1.11. The molecular weight excluding hydrogens is 479 g/mol. The third-order valence-corrected chi connectivity index (χ3v) is 5.88. The maximum absolute atomic E-state index is 12.9. The fourth-order valence-electron chi connectivity index (χ4n) is 3.42. The van der Waals surface area contributed by atoms with Gasteiger partial charge in [-0.05, 0) is 61.0 Å². The number of hydrogen-bond acceptors (Lipinski definition) is 5. The van der Waals surface area contributed by atoms with Crippen LogP contribution in [0.1, 0.15) is 43.6 Å². The Morgan fingerprint density at radius 3 is 2.32 bits per heavy atom. The van der Waals surface area contributed by atoms with Crippen LogP contribution in [0.2, 0.25) is 10.0 Å². The molecule has 0 bridgehead atoms. The first-order chi connectivity index (χ1) is 16.2. The van der Waals surface area contributed by atoms with Gasteiger partial charge in [0.25, 0.3) is 17.7 Å². The SMILES string of the molecule is CC(OC(=O)c1ccc2c(c1)C(=O)N(Cc1ccccc1Cl)C2=O)C(=O)Nc1ccc(Cl)cc1. The number of anilines is 1. The van der Waals surface area contributed by atoms with E-state index in [1.54, 1.807) is 48.5 Å². The maximum Gasteiger partial charge on any atom is 0.338 e. The third-order valence-electron chi connectivity index (χ3n) is 5.26. The smallest absolute Gasteiger partial charge is 0.338 e. The molecule has 9 heteroatoms. The predicted molar refractivity (Wildman–Crippen MR) is 127 cm³/mol. The number of ether oxygens (including phenoxy) is 1. The van der Waals surface area contributed by atoms with Crippen molar-refractivity contribution in [2.24, 2.45) is 0 Å². The number of rotatable bonds is 6. The summed E-state index contributed by atoms with van der Waals surface area (Å²) < 4.78 is 5.25. The second kappa shape index (κ2) is 9.67. The van der Waals surface area contributed by atoms with Crippen LogP contribution in [-0.2, 0) is 16.1 Å². The van der Waals surface area contributed by atoms with Crippen molar-refractivity contribution in [2.45, 2.75) is 19.6 Å². The molecule has 1 atom stereocenters. The zero-order chi connectivity index (χ0) is 24.4. The van der Waals surface area contributed by atoms with Gasteiger partial charge in [-0.2, -0.15) is 0 Å². The minimum Gasteiger partial charge on any atom is -0.449 e. The molecule has 0 fully saturated rings. The second-order valence-corrected chi connectivity index (χ2v) is 8.44. The van der Waals surface area contributed by atoms with Crippen molar-refractivity contribution in [1.29, 1.82) is 0 Å². The Morgan fingerprint density at radius 1 is 0.941 bits per heavy atom. The van der Waals surface area contributed by atoms with Gasteiger partial charge in [0.15, 0.2) is 6.10 Å². The van der Waals surface area contributed by atoms with E-state index >= 15 is 0 Å². The van der Waals surface area contributed by atoms with Crippen LogP contribution in [0.25, 0.3) is 0 Å². The number of esters is 1. The standard InChI is InChI=1S/C25H18Cl2N2O5/c1-14(22(30)28-18-9-7-17(26)8-10-18)34-25(33)15-6-11-19-20(12-15)24(32)29(23(19)31)13-16-4-2-3-5-21(16)27/h2-12,14H,13H2,1H3,(H,28,30). The van der Waals surface area contributed by atoms with Crippen molar-refractivity contribution in [3.63, 3.8) is 0 Å². The van der Waals surface area contributed by atoms with Gasteiger partial charge in [0.1, 0.15) is 0 Å². The lowest BCUT2D eigenvalue weighted by molar-refractivity contribution is -0.123. The van der Waals surface area contributed by atoms with Crippen LogP contribution in [0, 0.1) is 0 Å². The zero-order valence-electron chi connectivity index (χ0n) is 17.9. The summed E-state index contributed by atoms with van der Waals surface area (Å²) >= 11 is 12.0. The van der Waals surface area contributed by atoms with E-state index in [9.17, 15) is 19.2 Å². The highest BCUT2D eigenvalue weighted by Crippen LogP contribution is 2.28. The molecule has 3 aromatic carbocycles. The van der Waals surface area contributed by atoms with E-state index in [0.29, 0.717) is 21.3 Å². The number of carbonyl (C=O) groups is 4. The lowest BCUT2D eigenvalue weighted by atomic mass is 10.1. The molecule has 172 valence electrons. The fourth-order valence-corrected chi connectivity index (χ4v) is 3.74. The molecule has 34 heavy (non-hydrogen) atoms. The Morgan fingerprint density at radius 2 is 1.62 bits per heavy atom. The number of halogens is 2. The Kier molecular flexibility index (Phi) is 6.68. The Hall–Kier alpha value is -3.68. The zero-order valence-corrected chi connectivity index (χ0v) is 19.4. The van der Waals surface area contributed by atoms with Gasteiger partial charge in [0.2, 0.25) is 0 Å². The number of nitrogens with one attached hydrogen (secondary N) is 1. The highest BCUT2D eigenvalue weighted by atomic mass is 35.5. The summed E-state index contributed by atoms with van der Waals surface area (Å²) in [4.78, 5) is 51.7. The lowest BCUT2D eigenvalue weighted by Crippen LogP contribution is -2.30. The molecule has 0 spiro atoms. The number of fused-ring (bicyclic) bond motifs is 1. The van der Waals surface area contributed by atoms with E-state index in [-0.39, 0.29) is 23.2 Å². The van der Waals surface area contributed by atoms with Crippen LogP contribution in [0.5, 0.6) is 0 Å². The molecule has 1 aliphatic rings. The molecule has 0 aromatic heterocycles. The topological polar surface area (TPSA) is 92.8 Å². The molecule has 1 N–H and O–H groups in total. The first-order valence-electron chi connectivity index (χ1n) is 10.3. The molecule has 3 amide bonds. The van der Waals surface area contributed by atoms with Crippen LogP contribution in [-0.4, -0.2) is 34.7 Å². The van der Waals surface area contributed by atoms with Crippen LogP contribution in [0.4, 0.5) is 5.69 Å². The van der Waals surface area contributed by atoms with E-state index in [0.717, 1.165) is 4.90 Å². The molecule has 0 aliphatic carbocycles. The minimum atomic E-state index is -1.11. The molecule has 3 aromatic rings. The number of nitrogens with zero attached hydrogens (tertiary/aromatic N) is 1. The Labute approximate surface area is 205 Å². The third kappa shape index (κ3) is 4.81. The van der Waals surface area contributed by atoms with Crippen molar-refractivity contribution in [2.75, 3.05) is 5.32 Å². The lowest BCUT2D eigenvalue weighted by Gasteiger charge is -2.14. The van der Waals surface area contributed by atoms with Crippen LogP contribution in [0.15, 0.2) is 66.7 Å². The van der Waals surface area contributed by atoms with Crippen molar-refractivity contribution < 1.29 is 23.9 Å². The minimum absolute atomic E-state index is 0.00764. The van der Waals surface area contributed by atoms with E-state index < -0.39 is 29.8 Å². The maximum atomic E-state index is 12.9. The number of amides is 3. The molecule has 1 aliphatic heterocycles. The molecule has 0 saturated carbocycles. The molecule has 1 heterocycles. The van der Waals surface area contributed by atoms with Crippen molar-refractivity contribution in [3.8, 4) is 0 Å². The largest absolute Gasteiger partial charge is 0.449 e. The van der Waals surface area contributed by atoms with E-state index in [2.05, 4.69) is 5.32 Å². The summed E-state index contributed by atoms with van der Waals surface area (Å²) in [6.45, 7) is 1.43. The quantitative estimate of drug-likeness (QED) is 0.384. The molecular formula is C25H18Cl2N2O5. The van der Waals surface area contributed by atoms with Crippen LogP contribution >= 0.6 is 23.2 Å². The normalized spacial score (nSPS) is 13.4. The molecule has 1 unspecified atom stereocenters. The summed E-state index contributed by atoms with van der Waals surface area (Å²) in [7, 11) is 0. The monoisotopic (exact) mass is 496 g/mol. The summed E-state index contributed by atoms with van der Waals surface area (Å²) in [5.41, 5.74) is 1.44. The first-order valence-corrected chi connectivity index (χ1v) is 11.0. The van der Waals surface area contributed by atoms with Gasteiger partial charge in [-0.25, -0.2) is 4.79 Å². The average molecular weight is 497 g/mol. The predicted octanol–water partition coefficient (Wildman–Crippen LogP) is 4.97. The number of imide groups is 1. The Bertz CT molecular complexity index is 1310. The first kappa shape index (κ1) is 23.5. The number of benzene rings is 3. The molecule has 4 rings (SSSR count). The molecule has 0 radical (unpaired) electrons. The molecule has 0 saturated heterocycles. The fraction of sp³-hybridized carbons (Fsp3) is 0.120. The van der Waals surface area contributed by atoms with Crippen molar-refractivity contribution in [1.82, 2.24) is 4.90 Å². The van der Waals surface area contributed by atoms with Crippen LogP contribution in [0.3, 0.4) is 0 Å². The van der Waals surface area contributed by atoms with Gasteiger partial charge in [-0.1, -0.05) is 41.4 Å². The number of carbonyl (C=O) groups excluding carboxylic acids is 4. The van der Waals surface area contributed by atoms with Gasteiger partial charge < -0.3 is 10.1 Å². The van der Waals surface area contributed by atoms with Gasteiger partial charge in [0.05, 0.1) is 23.2 Å². The van der Waals surface area contributed by atoms with E-state index in [1.165, 1.54) is 25.1 Å². The number of hydrogen-bond donors (Lipinski definition) is 1. The highest BCUT2D eigenvalue weighted by molar-refractivity contribution is 6.31. The average Bonchev–Trinajstić information content (AvgIpc) is 3.06. The van der Waals surface area contributed by atoms with E-state index in [4.69, 9.17) is 27.9 Å². The summed E-state index contributed by atoms with van der Waals surface area (Å²) in [5.74, 6) is -2.35. The van der Waals surface area contributed by atoms with Gasteiger partial charge >= 0.3 is 5.97 Å². The van der Waals surface area contributed by atoms with Gasteiger partial charge in [-0.3, -0.25) is 19.3 Å². The second-order valence-electron chi connectivity index (χ2n) is 7.59. The van der Waals surface area contributed by atoms with Crippen LogP contribution < -0.4 is 5.32 Å². The summed E-state index contributed by atoms with van der Waals surface area (Å²) in [6, 6.07) is 17.5. The van der Waals surface area contributed by atoms with E-state index in [1.807, 2.05) is 0 Å². The molecule has 7 nitrogen and oxygen atoms in total. The summed E-state index contributed by atoms with van der Waals surface area (Å²) in [5, 5.41) is 3.58. The van der Waals surface area contributed by atoms with Gasteiger partial charge in [0, 0.05) is 15.7 Å². The van der Waals surface area contributed by atoms with Crippen molar-refractivity contribution >= 4 is 52.6 Å². The van der Waals surface area contributed by atoms with Gasteiger partial charge in [-0.15, -0.1) is 0 Å². The Balaban J connectivity index is 1.45.